The van der Waals surface area contributed by atoms with Gasteiger partial charge in [-0.25, -0.2) is 9.59 Å². The molecule has 1 rings (SSSR count). The van der Waals surface area contributed by atoms with Crippen molar-refractivity contribution in [3.05, 3.63) is 33.9 Å². The van der Waals surface area contributed by atoms with E-state index in [1.54, 1.807) is 0 Å². The average Bonchev–Trinajstić information content (AvgIpc) is 2.54. The Morgan fingerprint density at radius 1 is 0.697 bits per heavy atom. The molecule has 3 unspecified atom stereocenters. The second-order valence-electron chi connectivity index (χ2n) is 12.7. The Kier molecular flexibility index (Phi) is 9.95. The maximum absolute atomic E-state index is 12.4. The molecule has 0 amide bonds. The summed E-state index contributed by atoms with van der Waals surface area (Å²) in [5.41, 5.74) is 1.31. The number of carboxylic acids is 2. The summed E-state index contributed by atoms with van der Waals surface area (Å²) in [6.07, 6.45) is 1.96. The number of rotatable bonds is 8. The van der Waals surface area contributed by atoms with Gasteiger partial charge in [-0.3, -0.25) is 0 Å². The Morgan fingerprint density at radius 2 is 1.06 bits per heavy atom. The molecular formula is C26H42O4S3. The fourth-order valence-corrected chi connectivity index (χ4v) is 6.60. The highest BCUT2D eigenvalue weighted by molar-refractivity contribution is 7.81. The minimum absolute atomic E-state index is 0.0550. The smallest absolute Gasteiger partial charge is 0.336 e. The summed E-state index contributed by atoms with van der Waals surface area (Å²) in [6, 6.07) is 1.51. The van der Waals surface area contributed by atoms with Crippen LogP contribution in [-0.2, 0) is 0 Å². The van der Waals surface area contributed by atoms with E-state index >= 15 is 0 Å². The molecule has 0 aliphatic carbocycles. The lowest BCUT2D eigenvalue weighted by Crippen LogP contribution is -2.22. The molecule has 0 heterocycles. The number of aromatic carboxylic acids is 2. The van der Waals surface area contributed by atoms with Gasteiger partial charge in [0.15, 0.2) is 0 Å². The maximum Gasteiger partial charge on any atom is 0.336 e. The number of hydrogen-bond acceptors (Lipinski definition) is 5. The van der Waals surface area contributed by atoms with Crippen LogP contribution >= 0.6 is 37.9 Å². The van der Waals surface area contributed by atoms with Crippen molar-refractivity contribution in [2.45, 2.75) is 97.3 Å². The molecule has 0 saturated heterocycles. The van der Waals surface area contributed by atoms with Gasteiger partial charge in [-0.2, -0.15) is 37.9 Å². The monoisotopic (exact) mass is 514 g/mol. The summed E-state index contributed by atoms with van der Waals surface area (Å²) < 4.78 is 0. The van der Waals surface area contributed by atoms with Crippen molar-refractivity contribution in [1.29, 1.82) is 0 Å². The Hall–Kier alpha value is -0.790. The predicted molar refractivity (Wildman–Crippen MR) is 148 cm³/mol. The van der Waals surface area contributed by atoms with Crippen molar-refractivity contribution in [1.82, 2.24) is 0 Å². The lowest BCUT2D eigenvalue weighted by Gasteiger charge is -2.34. The van der Waals surface area contributed by atoms with Crippen LogP contribution in [0, 0.1) is 16.2 Å². The third kappa shape index (κ3) is 9.06. The summed E-state index contributed by atoms with van der Waals surface area (Å²) >= 11 is 14.7. The van der Waals surface area contributed by atoms with E-state index in [1.165, 1.54) is 6.07 Å². The average molecular weight is 515 g/mol. The fraction of sp³-hybridized carbons (Fsp3) is 0.692. The number of benzene rings is 1. The molecule has 0 aliphatic rings. The van der Waals surface area contributed by atoms with Crippen LogP contribution in [0.3, 0.4) is 0 Å². The normalized spacial score (nSPS) is 15.8. The first-order valence-corrected chi connectivity index (χ1v) is 12.9. The van der Waals surface area contributed by atoms with Gasteiger partial charge < -0.3 is 10.2 Å². The van der Waals surface area contributed by atoms with E-state index < -0.39 is 17.2 Å². The largest absolute Gasteiger partial charge is 0.478 e. The highest BCUT2D eigenvalue weighted by Gasteiger charge is 2.35. The molecule has 0 spiro atoms. The van der Waals surface area contributed by atoms with Crippen LogP contribution in [0.4, 0.5) is 0 Å². The van der Waals surface area contributed by atoms with Crippen molar-refractivity contribution >= 4 is 49.8 Å². The molecule has 1 aromatic rings. The van der Waals surface area contributed by atoms with E-state index in [4.69, 9.17) is 37.9 Å². The van der Waals surface area contributed by atoms with Crippen LogP contribution in [0.25, 0.3) is 0 Å². The third-order valence-electron chi connectivity index (χ3n) is 5.33. The second kappa shape index (κ2) is 10.9. The molecular weight excluding hydrogens is 472 g/mol. The van der Waals surface area contributed by atoms with Gasteiger partial charge in [0.05, 0.1) is 11.1 Å². The Morgan fingerprint density at radius 3 is 1.39 bits per heavy atom. The molecule has 4 nitrogen and oxygen atoms in total. The minimum atomic E-state index is -1.26. The summed E-state index contributed by atoms with van der Waals surface area (Å²) in [6.45, 7) is 18.8. The third-order valence-corrected chi connectivity index (χ3v) is 6.67. The Balaban J connectivity index is 4.11. The summed E-state index contributed by atoms with van der Waals surface area (Å²) in [4.78, 5) is 24.7. The topological polar surface area (TPSA) is 74.6 Å². The first-order valence-electron chi connectivity index (χ1n) is 11.4. The highest BCUT2D eigenvalue weighted by Crippen LogP contribution is 2.48. The number of thiol groups is 3. The Bertz CT molecular complexity index is 873. The standard InChI is InChI=1S/C26H42O4S3/c1-24(2,3)11-16(31)14-10-15(22(27)28)20(23(29)30)21(18(33)13-26(7,8)9)19(14)17(32)12-25(4,5)6/h10,16-18,31-33H,11-13H2,1-9H3,(H,27,28)(H,29,30). The van der Waals surface area contributed by atoms with Crippen molar-refractivity contribution < 1.29 is 19.8 Å². The van der Waals surface area contributed by atoms with Crippen LogP contribution in [-0.4, -0.2) is 22.2 Å². The van der Waals surface area contributed by atoms with Crippen LogP contribution < -0.4 is 0 Å². The van der Waals surface area contributed by atoms with Crippen molar-refractivity contribution in [2.75, 3.05) is 0 Å². The minimum Gasteiger partial charge on any atom is -0.478 e. The predicted octanol–water partition coefficient (Wildman–Crippen LogP) is 8.30. The molecule has 0 aliphatic heterocycles. The number of carbonyl (C=O) groups is 2. The SMILES string of the molecule is CC(C)(C)CC(S)c1cc(C(=O)O)c(C(=O)O)c(C(S)CC(C)(C)C)c1C(S)CC(C)(C)C. The molecule has 0 fully saturated rings. The van der Waals surface area contributed by atoms with Crippen LogP contribution in [0.5, 0.6) is 0 Å². The lowest BCUT2D eigenvalue weighted by atomic mass is 9.77. The molecule has 0 aromatic heterocycles. The molecule has 33 heavy (non-hydrogen) atoms. The zero-order valence-electron chi connectivity index (χ0n) is 21.5. The van der Waals surface area contributed by atoms with Crippen molar-refractivity contribution in [3.8, 4) is 0 Å². The first-order chi connectivity index (χ1) is 14.6. The van der Waals surface area contributed by atoms with Gasteiger partial charge in [0.2, 0.25) is 0 Å². The molecule has 3 atom stereocenters. The van der Waals surface area contributed by atoms with E-state index in [-0.39, 0.29) is 37.9 Å². The molecule has 188 valence electrons. The second-order valence-corrected chi connectivity index (χ2v) is 14.5. The first kappa shape index (κ1) is 30.2. The number of hydrogen-bond donors (Lipinski definition) is 5. The van der Waals surface area contributed by atoms with E-state index in [0.717, 1.165) is 11.1 Å². The van der Waals surface area contributed by atoms with Crippen LogP contribution in [0.15, 0.2) is 6.07 Å². The zero-order chi connectivity index (χ0) is 26.1. The van der Waals surface area contributed by atoms with Crippen LogP contribution in [0.2, 0.25) is 0 Å². The lowest BCUT2D eigenvalue weighted by molar-refractivity contribution is 0.0650. The summed E-state index contributed by atoms with van der Waals surface area (Å²) in [5.74, 6) is -2.52. The van der Waals surface area contributed by atoms with Gasteiger partial charge in [-0.1, -0.05) is 62.3 Å². The summed E-state index contributed by atoms with van der Waals surface area (Å²) in [5, 5.41) is 19.1. The highest BCUT2D eigenvalue weighted by atomic mass is 32.1. The summed E-state index contributed by atoms with van der Waals surface area (Å²) in [7, 11) is 0. The molecule has 0 saturated carbocycles. The molecule has 2 N–H and O–H groups in total. The fourth-order valence-electron chi connectivity index (χ4n) is 4.19. The number of carboxylic acid groups (broad SMARTS) is 2. The van der Waals surface area contributed by atoms with Gasteiger partial charge in [0.1, 0.15) is 0 Å². The van der Waals surface area contributed by atoms with Gasteiger partial charge in [0.25, 0.3) is 0 Å². The van der Waals surface area contributed by atoms with E-state index in [9.17, 15) is 19.8 Å². The Labute approximate surface area is 216 Å². The van der Waals surface area contributed by atoms with Gasteiger partial charge in [0, 0.05) is 15.7 Å². The molecule has 0 bridgehead atoms. The molecule has 7 heteroatoms. The zero-order valence-corrected chi connectivity index (χ0v) is 24.2. The van der Waals surface area contributed by atoms with Gasteiger partial charge in [-0.15, -0.1) is 0 Å². The van der Waals surface area contributed by atoms with E-state index in [1.807, 2.05) is 0 Å². The van der Waals surface area contributed by atoms with Gasteiger partial charge >= 0.3 is 11.9 Å². The van der Waals surface area contributed by atoms with Crippen molar-refractivity contribution in [3.63, 3.8) is 0 Å². The maximum atomic E-state index is 12.4. The quantitative estimate of drug-likeness (QED) is 0.226. The van der Waals surface area contributed by atoms with E-state index in [0.29, 0.717) is 24.8 Å². The van der Waals surface area contributed by atoms with Crippen molar-refractivity contribution in [2.24, 2.45) is 16.2 Å². The molecule has 1 aromatic carbocycles. The van der Waals surface area contributed by atoms with Gasteiger partial charge in [-0.05, 0) is 58.3 Å². The van der Waals surface area contributed by atoms with E-state index in [2.05, 4.69) is 62.3 Å². The van der Waals surface area contributed by atoms with Crippen LogP contribution in [0.1, 0.15) is 135 Å². The molecule has 0 radical (unpaired) electrons.